The molecule has 1 aromatic carbocycles. The van der Waals surface area contributed by atoms with E-state index < -0.39 is 0 Å². The minimum atomic E-state index is -0.00223. The topological polar surface area (TPSA) is 44.4 Å². The second-order valence-corrected chi connectivity index (χ2v) is 5.53. The zero-order valence-corrected chi connectivity index (χ0v) is 12.6. The van der Waals surface area contributed by atoms with Crippen molar-refractivity contribution >= 4 is 11.6 Å². The molecule has 1 unspecified atom stereocenters. The van der Waals surface area contributed by atoms with Crippen LogP contribution in [0.4, 0.5) is 5.69 Å². The standard InChI is InChI=1S/C16H25N3O/c1-4-17-15-8-6-5-7-14(15)16(20)18-11-12(2)19(3)13-9-10-13/h5-8,12-13,17H,4,9-11H2,1-3H3,(H,18,20). The van der Waals surface area contributed by atoms with Gasteiger partial charge in [0.05, 0.1) is 5.56 Å². The zero-order valence-electron chi connectivity index (χ0n) is 12.6. The highest BCUT2D eigenvalue weighted by atomic mass is 16.1. The Hall–Kier alpha value is -1.55. The average molecular weight is 275 g/mol. The van der Waals surface area contributed by atoms with Crippen LogP contribution in [0.5, 0.6) is 0 Å². The highest BCUT2D eigenvalue weighted by molar-refractivity contribution is 5.99. The lowest BCUT2D eigenvalue weighted by molar-refractivity contribution is 0.0940. The Labute approximate surface area is 121 Å². The van der Waals surface area contributed by atoms with Gasteiger partial charge in [0.15, 0.2) is 0 Å². The van der Waals surface area contributed by atoms with Crippen molar-refractivity contribution in [2.75, 3.05) is 25.5 Å². The number of hydrogen-bond acceptors (Lipinski definition) is 3. The molecule has 20 heavy (non-hydrogen) atoms. The van der Waals surface area contributed by atoms with Crippen molar-refractivity contribution in [2.45, 2.75) is 38.8 Å². The van der Waals surface area contributed by atoms with Crippen LogP contribution >= 0.6 is 0 Å². The van der Waals surface area contributed by atoms with Gasteiger partial charge in [-0.2, -0.15) is 0 Å². The normalized spacial score (nSPS) is 16.0. The molecule has 110 valence electrons. The van der Waals surface area contributed by atoms with Crippen molar-refractivity contribution in [3.05, 3.63) is 29.8 Å². The summed E-state index contributed by atoms with van der Waals surface area (Å²) in [6.45, 7) is 5.69. The van der Waals surface area contributed by atoms with E-state index >= 15 is 0 Å². The van der Waals surface area contributed by atoms with E-state index in [0.29, 0.717) is 12.6 Å². The van der Waals surface area contributed by atoms with Gasteiger partial charge in [-0.15, -0.1) is 0 Å². The average Bonchev–Trinajstić information content (AvgIpc) is 3.29. The number of para-hydroxylation sites is 1. The van der Waals surface area contributed by atoms with Crippen molar-refractivity contribution in [2.24, 2.45) is 0 Å². The van der Waals surface area contributed by atoms with E-state index in [-0.39, 0.29) is 5.91 Å². The second kappa shape index (κ2) is 6.75. The van der Waals surface area contributed by atoms with Gasteiger partial charge < -0.3 is 10.6 Å². The molecule has 0 aromatic heterocycles. The van der Waals surface area contributed by atoms with Crippen molar-refractivity contribution in [1.29, 1.82) is 0 Å². The quantitative estimate of drug-likeness (QED) is 0.803. The molecule has 0 aliphatic heterocycles. The summed E-state index contributed by atoms with van der Waals surface area (Å²) in [5.74, 6) is -0.00223. The lowest BCUT2D eigenvalue weighted by Crippen LogP contribution is -2.41. The predicted molar refractivity (Wildman–Crippen MR) is 83.2 cm³/mol. The number of carbonyl (C=O) groups is 1. The first kappa shape index (κ1) is 14.9. The van der Waals surface area contributed by atoms with Crippen LogP contribution in [0.3, 0.4) is 0 Å². The van der Waals surface area contributed by atoms with Gasteiger partial charge in [0.1, 0.15) is 0 Å². The van der Waals surface area contributed by atoms with E-state index in [1.165, 1.54) is 12.8 Å². The number of benzene rings is 1. The number of nitrogens with one attached hydrogen (secondary N) is 2. The molecule has 1 aromatic rings. The Morgan fingerprint density at radius 3 is 2.75 bits per heavy atom. The third-order valence-electron chi connectivity index (χ3n) is 3.92. The second-order valence-electron chi connectivity index (χ2n) is 5.53. The molecule has 0 bridgehead atoms. The SMILES string of the molecule is CCNc1ccccc1C(=O)NCC(C)N(C)C1CC1. The Bertz CT molecular complexity index is 457. The van der Waals surface area contributed by atoms with Crippen LogP contribution < -0.4 is 10.6 Å². The molecular weight excluding hydrogens is 250 g/mol. The number of amides is 1. The molecule has 1 saturated carbocycles. The van der Waals surface area contributed by atoms with Gasteiger partial charge in [-0.25, -0.2) is 0 Å². The molecule has 0 radical (unpaired) electrons. The fraction of sp³-hybridized carbons (Fsp3) is 0.562. The fourth-order valence-corrected chi connectivity index (χ4v) is 2.35. The Kier molecular flexibility index (Phi) is 5.01. The van der Waals surface area contributed by atoms with Gasteiger partial charge in [0.2, 0.25) is 0 Å². The summed E-state index contributed by atoms with van der Waals surface area (Å²) in [7, 11) is 2.14. The molecule has 1 aliphatic carbocycles. The molecule has 2 rings (SSSR count). The molecule has 1 fully saturated rings. The minimum absolute atomic E-state index is 0.00223. The molecular formula is C16H25N3O. The lowest BCUT2D eigenvalue weighted by Gasteiger charge is -2.24. The van der Waals surface area contributed by atoms with E-state index in [1.54, 1.807) is 0 Å². The third kappa shape index (κ3) is 3.73. The van der Waals surface area contributed by atoms with Crippen LogP contribution in [0.25, 0.3) is 0 Å². The summed E-state index contributed by atoms with van der Waals surface area (Å²) < 4.78 is 0. The number of rotatable bonds is 7. The van der Waals surface area contributed by atoms with E-state index in [1.807, 2.05) is 31.2 Å². The van der Waals surface area contributed by atoms with E-state index in [0.717, 1.165) is 23.8 Å². The van der Waals surface area contributed by atoms with Gasteiger partial charge in [-0.05, 0) is 45.9 Å². The zero-order chi connectivity index (χ0) is 14.5. The lowest BCUT2D eigenvalue weighted by atomic mass is 10.1. The summed E-state index contributed by atoms with van der Waals surface area (Å²) in [4.78, 5) is 14.6. The van der Waals surface area contributed by atoms with Gasteiger partial charge in [-0.1, -0.05) is 12.1 Å². The van der Waals surface area contributed by atoms with Crippen LogP contribution in [-0.2, 0) is 0 Å². The van der Waals surface area contributed by atoms with Crippen molar-refractivity contribution in [3.63, 3.8) is 0 Å². The first-order valence-corrected chi connectivity index (χ1v) is 7.46. The summed E-state index contributed by atoms with van der Waals surface area (Å²) in [5, 5.41) is 6.26. The molecule has 1 atom stereocenters. The monoisotopic (exact) mass is 275 g/mol. The molecule has 1 aliphatic rings. The minimum Gasteiger partial charge on any atom is -0.385 e. The molecule has 0 saturated heterocycles. The summed E-state index contributed by atoms with van der Waals surface area (Å²) in [5.41, 5.74) is 1.62. The third-order valence-corrected chi connectivity index (χ3v) is 3.92. The van der Waals surface area contributed by atoms with E-state index in [4.69, 9.17) is 0 Å². The van der Waals surface area contributed by atoms with Crippen LogP contribution in [0, 0.1) is 0 Å². The van der Waals surface area contributed by atoms with Crippen molar-refractivity contribution in [3.8, 4) is 0 Å². The van der Waals surface area contributed by atoms with Gasteiger partial charge in [0.25, 0.3) is 5.91 Å². The summed E-state index contributed by atoms with van der Waals surface area (Å²) in [6.07, 6.45) is 2.58. The van der Waals surface area contributed by atoms with Crippen LogP contribution in [-0.4, -0.2) is 43.0 Å². The summed E-state index contributed by atoms with van der Waals surface area (Å²) in [6, 6.07) is 8.74. The predicted octanol–water partition coefficient (Wildman–Crippen LogP) is 2.33. The molecule has 1 amide bonds. The van der Waals surface area contributed by atoms with E-state index in [9.17, 15) is 4.79 Å². The van der Waals surface area contributed by atoms with Crippen LogP contribution in [0.1, 0.15) is 37.0 Å². The van der Waals surface area contributed by atoms with Crippen LogP contribution in [0.15, 0.2) is 24.3 Å². The molecule has 0 spiro atoms. The number of carbonyl (C=O) groups excluding carboxylic acids is 1. The number of anilines is 1. The molecule has 2 N–H and O–H groups in total. The van der Waals surface area contributed by atoms with Gasteiger partial charge in [-0.3, -0.25) is 9.69 Å². The Balaban J connectivity index is 1.91. The van der Waals surface area contributed by atoms with E-state index in [2.05, 4.69) is 29.5 Å². The maximum Gasteiger partial charge on any atom is 0.253 e. The molecule has 4 heteroatoms. The number of hydrogen-bond donors (Lipinski definition) is 2. The van der Waals surface area contributed by atoms with Crippen molar-refractivity contribution < 1.29 is 4.79 Å². The van der Waals surface area contributed by atoms with Gasteiger partial charge in [0, 0.05) is 30.9 Å². The number of nitrogens with zero attached hydrogens (tertiary/aromatic N) is 1. The number of likely N-dealkylation sites (N-methyl/N-ethyl adjacent to an activating group) is 1. The first-order valence-electron chi connectivity index (χ1n) is 7.46. The Morgan fingerprint density at radius 2 is 2.10 bits per heavy atom. The molecule has 4 nitrogen and oxygen atoms in total. The molecule has 0 heterocycles. The van der Waals surface area contributed by atoms with Crippen LogP contribution in [0.2, 0.25) is 0 Å². The van der Waals surface area contributed by atoms with Crippen molar-refractivity contribution in [1.82, 2.24) is 10.2 Å². The van der Waals surface area contributed by atoms with Gasteiger partial charge >= 0.3 is 0 Å². The Morgan fingerprint density at radius 1 is 1.40 bits per heavy atom. The summed E-state index contributed by atoms with van der Waals surface area (Å²) >= 11 is 0. The largest absolute Gasteiger partial charge is 0.385 e. The highest BCUT2D eigenvalue weighted by Gasteiger charge is 2.29. The maximum atomic E-state index is 12.3. The highest BCUT2D eigenvalue weighted by Crippen LogP contribution is 2.26. The fourth-order valence-electron chi connectivity index (χ4n) is 2.35. The first-order chi connectivity index (χ1) is 9.63. The smallest absolute Gasteiger partial charge is 0.253 e. The maximum absolute atomic E-state index is 12.3.